The van der Waals surface area contributed by atoms with Crippen LogP contribution in [0.2, 0.25) is 0 Å². The fraction of sp³-hybridized carbons (Fsp3) is 0.391. The van der Waals surface area contributed by atoms with Crippen molar-refractivity contribution in [2.45, 2.75) is 52.9 Å². The molecule has 0 fully saturated rings. The van der Waals surface area contributed by atoms with Gasteiger partial charge in [-0.1, -0.05) is 38.1 Å². The zero-order chi connectivity index (χ0) is 20.7. The van der Waals surface area contributed by atoms with E-state index in [0.717, 1.165) is 11.3 Å². The molecule has 2 aromatic carbocycles. The monoisotopic (exact) mass is 380 g/mol. The lowest BCUT2D eigenvalue weighted by Crippen LogP contribution is -2.42. The number of nitrogens with one attached hydrogen (secondary N) is 1. The predicted octanol–water partition coefficient (Wildman–Crippen LogP) is 4.63. The third kappa shape index (κ3) is 5.75. The molecule has 5 heteroatoms. The molecule has 2 atom stereocenters. The second-order valence-corrected chi connectivity index (χ2v) is 7.36. The summed E-state index contributed by atoms with van der Waals surface area (Å²) in [5, 5.41) is 12.2. The molecule has 2 rings (SSSR count). The third-order valence-electron chi connectivity index (χ3n) is 4.24. The van der Waals surface area contributed by atoms with Crippen LogP contribution in [0.25, 0.3) is 0 Å². The molecule has 0 saturated heterocycles. The number of hydrogen-bond donors (Lipinski definition) is 1. The van der Waals surface area contributed by atoms with Crippen LogP contribution in [0.5, 0.6) is 11.5 Å². The van der Waals surface area contributed by atoms with Crippen LogP contribution in [-0.4, -0.2) is 18.1 Å². The summed E-state index contributed by atoms with van der Waals surface area (Å²) < 4.78 is 11.6. The van der Waals surface area contributed by atoms with E-state index in [1.54, 1.807) is 24.3 Å². The highest BCUT2D eigenvalue weighted by molar-refractivity contribution is 5.82. The summed E-state index contributed by atoms with van der Waals surface area (Å²) in [5.41, 5.74) is 1.39. The van der Waals surface area contributed by atoms with Gasteiger partial charge in [0.05, 0.1) is 17.7 Å². The van der Waals surface area contributed by atoms with Crippen LogP contribution in [-0.2, 0) is 4.79 Å². The number of nitrogens with zero attached hydrogens (tertiary/aromatic N) is 1. The summed E-state index contributed by atoms with van der Waals surface area (Å²) in [7, 11) is 0. The summed E-state index contributed by atoms with van der Waals surface area (Å²) >= 11 is 0. The Hall–Kier alpha value is -3.00. The first-order valence-electron chi connectivity index (χ1n) is 9.54. The maximum absolute atomic E-state index is 12.8. The van der Waals surface area contributed by atoms with Crippen molar-refractivity contribution >= 4 is 5.91 Å². The van der Waals surface area contributed by atoms with E-state index in [2.05, 4.69) is 11.4 Å². The average Bonchev–Trinajstić information content (AvgIpc) is 2.66. The zero-order valence-corrected chi connectivity index (χ0v) is 17.1. The Balaban J connectivity index is 2.08. The molecule has 0 saturated carbocycles. The number of nitriles is 1. The van der Waals surface area contributed by atoms with Gasteiger partial charge in [-0.2, -0.15) is 5.26 Å². The summed E-state index contributed by atoms with van der Waals surface area (Å²) in [4.78, 5) is 12.8. The molecular weight excluding hydrogens is 352 g/mol. The Morgan fingerprint density at radius 2 is 1.61 bits per heavy atom. The van der Waals surface area contributed by atoms with Gasteiger partial charge in [-0.3, -0.25) is 4.79 Å². The van der Waals surface area contributed by atoms with Gasteiger partial charge in [0.15, 0.2) is 6.10 Å². The first-order valence-corrected chi connectivity index (χ1v) is 9.54. The van der Waals surface area contributed by atoms with Crippen molar-refractivity contribution in [1.82, 2.24) is 5.32 Å². The van der Waals surface area contributed by atoms with E-state index in [-0.39, 0.29) is 24.0 Å². The van der Waals surface area contributed by atoms with Crippen LogP contribution in [0.15, 0.2) is 48.5 Å². The average molecular weight is 380 g/mol. The fourth-order valence-corrected chi connectivity index (χ4v) is 2.78. The molecule has 0 aliphatic rings. The zero-order valence-electron chi connectivity index (χ0n) is 17.1. The van der Waals surface area contributed by atoms with Gasteiger partial charge in [-0.15, -0.1) is 0 Å². The van der Waals surface area contributed by atoms with Crippen molar-refractivity contribution in [3.63, 3.8) is 0 Å². The molecule has 0 aliphatic heterocycles. The van der Waals surface area contributed by atoms with Gasteiger partial charge in [-0.25, -0.2) is 0 Å². The number of benzene rings is 2. The van der Waals surface area contributed by atoms with E-state index in [1.165, 1.54) is 0 Å². The van der Waals surface area contributed by atoms with Crippen LogP contribution >= 0.6 is 0 Å². The van der Waals surface area contributed by atoms with Crippen LogP contribution in [0.3, 0.4) is 0 Å². The molecule has 1 N–H and O–H groups in total. The number of hydrogen-bond acceptors (Lipinski definition) is 4. The summed E-state index contributed by atoms with van der Waals surface area (Å²) in [5.74, 6) is 0.953. The molecule has 148 valence electrons. The highest BCUT2D eigenvalue weighted by atomic mass is 16.5. The van der Waals surface area contributed by atoms with Gasteiger partial charge in [0.2, 0.25) is 0 Å². The molecule has 2 aromatic rings. The first kappa shape index (κ1) is 21.3. The topological polar surface area (TPSA) is 71.3 Å². The van der Waals surface area contributed by atoms with Crippen molar-refractivity contribution in [2.75, 3.05) is 0 Å². The number of para-hydroxylation sites is 1. The lowest BCUT2D eigenvalue weighted by atomic mass is 10.0. The van der Waals surface area contributed by atoms with Crippen LogP contribution in [0, 0.1) is 17.2 Å². The van der Waals surface area contributed by atoms with Crippen molar-refractivity contribution in [1.29, 1.82) is 5.26 Å². The van der Waals surface area contributed by atoms with Crippen molar-refractivity contribution in [3.05, 3.63) is 59.7 Å². The van der Waals surface area contributed by atoms with Gasteiger partial charge >= 0.3 is 0 Å². The molecule has 2 unspecified atom stereocenters. The molecule has 5 nitrogen and oxygen atoms in total. The molecular formula is C23H28N2O3. The van der Waals surface area contributed by atoms with Crippen LogP contribution in [0.1, 0.15) is 51.8 Å². The van der Waals surface area contributed by atoms with E-state index in [9.17, 15) is 10.1 Å². The van der Waals surface area contributed by atoms with Gasteiger partial charge in [0.1, 0.15) is 17.6 Å². The van der Waals surface area contributed by atoms with Crippen LogP contribution in [0.4, 0.5) is 0 Å². The second kappa shape index (κ2) is 9.80. The lowest BCUT2D eigenvalue weighted by molar-refractivity contribution is -0.130. The van der Waals surface area contributed by atoms with Crippen molar-refractivity contribution in [3.8, 4) is 17.6 Å². The first-order chi connectivity index (χ1) is 13.3. The SMILES string of the molecule is CC(C)Oc1ccc(C(C)NC(=O)C(Oc2ccccc2C#N)C(C)C)cc1. The Morgan fingerprint density at radius 1 is 0.964 bits per heavy atom. The van der Waals surface area contributed by atoms with E-state index in [4.69, 9.17) is 9.47 Å². The highest BCUT2D eigenvalue weighted by Crippen LogP contribution is 2.22. The highest BCUT2D eigenvalue weighted by Gasteiger charge is 2.26. The molecule has 0 spiro atoms. The standard InChI is InChI=1S/C23H28N2O3/c1-15(2)22(28-21-9-7-6-8-19(21)14-24)23(26)25-17(5)18-10-12-20(13-11-18)27-16(3)4/h6-13,15-17,22H,1-5H3,(H,25,26). The number of ether oxygens (including phenoxy) is 2. The molecule has 28 heavy (non-hydrogen) atoms. The Morgan fingerprint density at radius 3 is 2.18 bits per heavy atom. The smallest absolute Gasteiger partial charge is 0.261 e. The number of amides is 1. The minimum Gasteiger partial charge on any atom is -0.491 e. The fourth-order valence-electron chi connectivity index (χ4n) is 2.78. The maximum atomic E-state index is 12.8. The molecule has 1 amide bonds. The van der Waals surface area contributed by atoms with Gasteiger partial charge in [0, 0.05) is 0 Å². The van der Waals surface area contributed by atoms with E-state index in [0.29, 0.717) is 11.3 Å². The maximum Gasteiger partial charge on any atom is 0.261 e. The van der Waals surface area contributed by atoms with Gasteiger partial charge in [0.25, 0.3) is 5.91 Å². The Labute approximate surface area is 167 Å². The van der Waals surface area contributed by atoms with E-state index >= 15 is 0 Å². The molecule has 0 bridgehead atoms. The normalized spacial score (nSPS) is 12.9. The van der Waals surface area contributed by atoms with Gasteiger partial charge < -0.3 is 14.8 Å². The minimum atomic E-state index is -0.694. The van der Waals surface area contributed by atoms with E-state index < -0.39 is 6.10 Å². The third-order valence-corrected chi connectivity index (χ3v) is 4.24. The number of carbonyl (C=O) groups is 1. The quantitative estimate of drug-likeness (QED) is 0.725. The van der Waals surface area contributed by atoms with Gasteiger partial charge in [-0.05, 0) is 56.5 Å². The second-order valence-electron chi connectivity index (χ2n) is 7.36. The molecule has 0 aromatic heterocycles. The molecule has 0 heterocycles. The van der Waals surface area contributed by atoms with Crippen molar-refractivity contribution < 1.29 is 14.3 Å². The summed E-state index contributed by atoms with van der Waals surface area (Å²) in [6, 6.07) is 16.5. The van der Waals surface area contributed by atoms with E-state index in [1.807, 2.05) is 58.9 Å². The number of rotatable bonds is 8. The largest absolute Gasteiger partial charge is 0.491 e. The summed E-state index contributed by atoms with van der Waals surface area (Å²) in [6.07, 6.45) is -0.580. The van der Waals surface area contributed by atoms with Crippen LogP contribution < -0.4 is 14.8 Å². The van der Waals surface area contributed by atoms with Crippen molar-refractivity contribution in [2.24, 2.45) is 5.92 Å². The predicted molar refractivity (Wildman–Crippen MR) is 109 cm³/mol. The Kier molecular flexibility index (Phi) is 7.45. The molecule has 0 aliphatic carbocycles. The summed E-state index contributed by atoms with van der Waals surface area (Å²) in [6.45, 7) is 9.72. The Bertz CT molecular complexity index is 822. The molecule has 0 radical (unpaired) electrons. The lowest BCUT2D eigenvalue weighted by Gasteiger charge is -2.24. The minimum absolute atomic E-state index is 0.0548. The number of carbonyl (C=O) groups excluding carboxylic acids is 1.